The molecule has 0 aliphatic heterocycles. The van der Waals surface area contributed by atoms with Crippen molar-refractivity contribution in [2.24, 2.45) is 0 Å². The van der Waals surface area contributed by atoms with Crippen molar-refractivity contribution in [2.75, 3.05) is 21.2 Å². The smallest absolute Gasteiger partial charge is 0.255 e. The number of hydrogen-bond donors (Lipinski definition) is 2. The maximum absolute atomic E-state index is 13.1. The number of halogens is 1. The predicted molar refractivity (Wildman–Crippen MR) is 123 cm³/mol. The van der Waals surface area contributed by atoms with Crippen molar-refractivity contribution in [3.8, 4) is 0 Å². The van der Waals surface area contributed by atoms with E-state index < -0.39 is 15.8 Å². The lowest BCUT2D eigenvalue weighted by molar-refractivity contribution is -0.114. The molecule has 0 bridgehead atoms. The third-order valence-electron chi connectivity index (χ3n) is 4.50. The highest BCUT2D eigenvalue weighted by Gasteiger charge is 2.18. The number of nitrogens with zero attached hydrogens (tertiary/aromatic N) is 1. The summed E-state index contributed by atoms with van der Waals surface area (Å²) < 4.78 is 39.0. The molecule has 2 amide bonds. The topological polar surface area (TPSA) is 95.6 Å². The van der Waals surface area contributed by atoms with Gasteiger partial charge in [-0.15, -0.1) is 0 Å². The van der Waals surface area contributed by atoms with E-state index in [0.717, 1.165) is 6.26 Å². The van der Waals surface area contributed by atoms with E-state index in [2.05, 4.69) is 10.6 Å². The Morgan fingerprint density at radius 1 is 0.906 bits per heavy atom. The summed E-state index contributed by atoms with van der Waals surface area (Å²) in [6, 6.07) is 18.4. The maximum atomic E-state index is 13.1. The number of hydrogen-bond acceptors (Lipinski definition) is 4. The molecule has 0 aliphatic rings. The second-order valence-corrected chi connectivity index (χ2v) is 9.07. The lowest BCUT2D eigenvalue weighted by atomic mass is 10.1. The van der Waals surface area contributed by atoms with Gasteiger partial charge in [0.05, 0.1) is 18.5 Å². The summed E-state index contributed by atoms with van der Waals surface area (Å²) in [7, 11) is -3.62. The van der Waals surface area contributed by atoms with E-state index in [4.69, 9.17) is 0 Å². The molecular formula is C23H22FN3O4S. The number of carbonyl (C=O) groups excluding carboxylic acids is 2. The molecule has 3 aromatic carbocycles. The molecule has 0 saturated heterocycles. The zero-order chi connectivity index (χ0) is 23.3. The zero-order valence-electron chi connectivity index (χ0n) is 17.5. The summed E-state index contributed by atoms with van der Waals surface area (Å²) in [5, 5.41) is 5.38. The molecule has 166 valence electrons. The van der Waals surface area contributed by atoms with Crippen LogP contribution in [0.5, 0.6) is 0 Å². The van der Waals surface area contributed by atoms with Crippen LogP contribution in [0.4, 0.5) is 21.5 Å². The molecular weight excluding hydrogens is 433 g/mol. The van der Waals surface area contributed by atoms with E-state index >= 15 is 0 Å². The van der Waals surface area contributed by atoms with E-state index in [9.17, 15) is 22.4 Å². The van der Waals surface area contributed by atoms with Crippen molar-refractivity contribution in [1.29, 1.82) is 0 Å². The molecule has 0 heterocycles. The van der Waals surface area contributed by atoms with Gasteiger partial charge >= 0.3 is 0 Å². The van der Waals surface area contributed by atoms with E-state index in [1.165, 1.54) is 59.8 Å². The normalized spacial score (nSPS) is 11.0. The van der Waals surface area contributed by atoms with Gasteiger partial charge in [-0.25, -0.2) is 12.8 Å². The number of carbonyl (C=O) groups is 2. The molecule has 0 aliphatic carbocycles. The lowest BCUT2D eigenvalue weighted by Crippen LogP contribution is -2.29. The average molecular weight is 456 g/mol. The number of rotatable bonds is 7. The molecule has 3 rings (SSSR count). The molecule has 2 N–H and O–H groups in total. The van der Waals surface area contributed by atoms with Crippen LogP contribution < -0.4 is 14.9 Å². The Morgan fingerprint density at radius 3 is 2.06 bits per heavy atom. The van der Waals surface area contributed by atoms with E-state index in [-0.39, 0.29) is 18.4 Å². The molecule has 9 heteroatoms. The van der Waals surface area contributed by atoms with Crippen LogP contribution >= 0.6 is 0 Å². The molecule has 32 heavy (non-hydrogen) atoms. The molecule has 0 saturated carbocycles. The fraction of sp³-hybridized carbons (Fsp3) is 0.130. The van der Waals surface area contributed by atoms with Crippen LogP contribution in [0.25, 0.3) is 0 Å². The van der Waals surface area contributed by atoms with Crippen LogP contribution in [0, 0.1) is 5.82 Å². The third-order valence-corrected chi connectivity index (χ3v) is 5.64. The van der Waals surface area contributed by atoms with Crippen molar-refractivity contribution in [2.45, 2.75) is 13.5 Å². The monoisotopic (exact) mass is 455 g/mol. The van der Waals surface area contributed by atoms with Gasteiger partial charge in [-0.05, 0) is 60.2 Å². The highest BCUT2D eigenvalue weighted by molar-refractivity contribution is 7.92. The quantitative estimate of drug-likeness (QED) is 0.563. The van der Waals surface area contributed by atoms with Gasteiger partial charge in [0.2, 0.25) is 15.9 Å². The Labute approximate surface area is 185 Å². The second-order valence-electron chi connectivity index (χ2n) is 7.16. The molecule has 0 spiro atoms. The van der Waals surface area contributed by atoms with Crippen molar-refractivity contribution in [3.05, 3.63) is 89.7 Å². The highest BCUT2D eigenvalue weighted by atomic mass is 32.2. The largest absolute Gasteiger partial charge is 0.326 e. The molecule has 0 radical (unpaired) electrons. The van der Waals surface area contributed by atoms with Gasteiger partial charge in [-0.2, -0.15) is 0 Å². The minimum Gasteiger partial charge on any atom is -0.326 e. The van der Waals surface area contributed by atoms with Gasteiger partial charge in [-0.1, -0.05) is 18.2 Å². The molecule has 0 aromatic heterocycles. The first-order valence-electron chi connectivity index (χ1n) is 9.63. The summed E-state index contributed by atoms with van der Waals surface area (Å²) >= 11 is 0. The first kappa shape index (κ1) is 23.0. The van der Waals surface area contributed by atoms with Crippen LogP contribution in [0.3, 0.4) is 0 Å². The van der Waals surface area contributed by atoms with Crippen LogP contribution in [0.1, 0.15) is 22.8 Å². The van der Waals surface area contributed by atoms with Gasteiger partial charge in [0, 0.05) is 23.9 Å². The lowest BCUT2D eigenvalue weighted by Gasteiger charge is -2.22. The number of nitrogens with one attached hydrogen (secondary N) is 2. The Bertz CT molecular complexity index is 1230. The third kappa shape index (κ3) is 6.14. The number of benzene rings is 3. The Hall–Kier alpha value is -3.72. The Balaban J connectivity index is 1.76. The summed E-state index contributed by atoms with van der Waals surface area (Å²) in [6.07, 6.45) is 1.08. The standard InChI is InChI=1S/C23H22FN3O4S/c1-16(28)25-20-4-3-5-21(14-20)26-23(29)18-8-12-22(13-9-18)27(32(2,30)31)15-17-6-10-19(24)11-7-17/h3-14H,15H2,1-2H3,(H,25,28)(H,26,29). The van der Waals surface area contributed by atoms with Gasteiger partial charge < -0.3 is 10.6 Å². The zero-order valence-corrected chi connectivity index (χ0v) is 18.3. The Morgan fingerprint density at radius 2 is 1.50 bits per heavy atom. The van der Waals surface area contributed by atoms with E-state index in [1.54, 1.807) is 24.3 Å². The van der Waals surface area contributed by atoms with E-state index in [1.807, 2.05) is 0 Å². The SMILES string of the molecule is CC(=O)Nc1cccc(NC(=O)c2ccc(N(Cc3ccc(F)cc3)S(C)(=O)=O)cc2)c1. The summed E-state index contributed by atoms with van der Waals surface area (Å²) in [5.74, 6) is -1.02. The number of anilines is 3. The number of amides is 2. The summed E-state index contributed by atoms with van der Waals surface area (Å²) in [5.41, 5.74) is 2.38. The average Bonchev–Trinajstić information content (AvgIpc) is 2.72. The van der Waals surface area contributed by atoms with Crippen molar-refractivity contribution in [1.82, 2.24) is 0 Å². The molecule has 0 unspecified atom stereocenters. The van der Waals surface area contributed by atoms with Crippen LogP contribution in [0.15, 0.2) is 72.8 Å². The molecule has 0 atom stereocenters. The summed E-state index contributed by atoms with van der Waals surface area (Å²) in [6.45, 7) is 1.42. The first-order chi connectivity index (χ1) is 15.1. The Kier molecular flexibility index (Phi) is 6.89. The highest BCUT2D eigenvalue weighted by Crippen LogP contribution is 2.22. The van der Waals surface area contributed by atoms with Gasteiger partial charge in [0.15, 0.2) is 0 Å². The minimum absolute atomic E-state index is 0.0284. The van der Waals surface area contributed by atoms with Crippen LogP contribution in [-0.4, -0.2) is 26.5 Å². The van der Waals surface area contributed by atoms with E-state index in [0.29, 0.717) is 28.2 Å². The molecule has 7 nitrogen and oxygen atoms in total. The van der Waals surface area contributed by atoms with Gasteiger partial charge in [0.1, 0.15) is 5.82 Å². The maximum Gasteiger partial charge on any atom is 0.255 e. The molecule has 3 aromatic rings. The van der Waals surface area contributed by atoms with Crippen molar-refractivity contribution >= 4 is 38.9 Å². The fourth-order valence-electron chi connectivity index (χ4n) is 3.02. The molecule has 0 fully saturated rings. The second kappa shape index (κ2) is 9.61. The number of sulfonamides is 1. The van der Waals surface area contributed by atoms with Gasteiger partial charge in [0.25, 0.3) is 5.91 Å². The van der Waals surface area contributed by atoms with Crippen LogP contribution in [-0.2, 0) is 21.4 Å². The van der Waals surface area contributed by atoms with Crippen LogP contribution in [0.2, 0.25) is 0 Å². The van der Waals surface area contributed by atoms with Gasteiger partial charge in [-0.3, -0.25) is 13.9 Å². The minimum atomic E-state index is -3.62. The van der Waals surface area contributed by atoms with Crippen molar-refractivity contribution in [3.63, 3.8) is 0 Å². The first-order valence-corrected chi connectivity index (χ1v) is 11.5. The summed E-state index contributed by atoms with van der Waals surface area (Å²) in [4.78, 5) is 23.8. The van der Waals surface area contributed by atoms with Crippen molar-refractivity contribution < 1.29 is 22.4 Å². The predicted octanol–water partition coefficient (Wildman–Crippen LogP) is 4.00. The fourth-order valence-corrected chi connectivity index (χ4v) is 3.90.